The van der Waals surface area contributed by atoms with Crippen LogP contribution in [0.4, 0.5) is 0 Å². The summed E-state index contributed by atoms with van der Waals surface area (Å²) in [7, 11) is 2.00. The number of thioether (sulfide) groups is 1. The Kier molecular flexibility index (Phi) is 3.86. The van der Waals surface area contributed by atoms with Gasteiger partial charge in [0.15, 0.2) is 5.16 Å². The Balaban J connectivity index is 2.22. The average molecular weight is 247 g/mol. The maximum atomic E-state index is 6.08. The molecule has 2 aromatic rings. The van der Waals surface area contributed by atoms with Crippen molar-refractivity contribution in [2.45, 2.75) is 23.4 Å². The van der Waals surface area contributed by atoms with E-state index in [1.807, 2.05) is 49.1 Å². The van der Waals surface area contributed by atoms with E-state index in [4.69, 9.17) is 5.73 Å². The molecule has 0 amide bonds. The summed E-state index contributed by atoms with van der Waals surface area (Å²) in [6.45, 7) is 2.04. The highest BCUT2D eigenvalue weighted by Crippen LogP contribution is 2.35. The fourth-order valence-electron chi connectivity index (χ4n) is 1.70. The van der Waals surface area contributed by atoms with E-state index in [1.54, 1.807) is 11.8 Å². The predicted octanol–water partition coefficient (Wildman–Crippen LogP) is 2.60. The molecule has 90 valence electrons. The summed E-state index contributed by atoms with van der Waals surface area (Å²) in [5.74, 6) is 0. The number of aromatic nitrogens is 2. The molecule has 0 saturated carbocycles. The fraction of sp³-hybridized carbons (Fsp3) is 0.308. The third kappa shape index (κ3) is 2.90. The van der Waals surface area contributed by atoms with Gasteiger partial charge in [-0.25, -0.2) is 4.98 Å². The highest BCUT2D eigenvalue weighted by Gasteiger charge is 2.19. The van der Waals surface area contributed by atoms with Gasteiger partial charge in [0.25, 0.3) is 0 Å². The molecule has 0 radical (unpaired) electrons. The molecule has 3 nitrogen and oxygen atoms in total. The second-order valence-corrected chi connectivity index (χ2v) is 5.24. The molecule has 2 rings (SSSR count). The minimum Gasteiger partial charge on any atom is -0.329 e. The van der Waals surface area contributed by atoms with Crippen LogP contribution >= 0.6 is 11.8 Å². The van der Waals surface area contributed by atoms with Gasteiger partial charge in [-0.05, 0) is 12.5 Å². The Morgan fingerprint density at radius 1 is 1.29 bits per heavy atom. The molecule has 2 N–H and O–H groups in total. The van der Waals surface area contributed by atoms with Crippen molar-refractivity contribution in [1.82, 2.24) is 9.55 Å². The second-order valence-electron chi connectivity index (χ2n) is 4.13. The minimum atomic E-state index is 0.0825. The van der Waals surface area contributed by atoms with Gasteiger partial charge in [0.05, 0.1) is 5.25 Å². The van der Waals surface area contributed by atoms with Crippen LogP contribution in [0.3, 0.4) is 0 Å². The average Bonchev–Trinajstić information content (AvgIpc) is 2.72. The van der Waals surface area contributed by atoms with E-state index in [1.165, 1.54) is 5.56 Å². The number of aryl methyl sites for hydroxylation is 1. The van der Waals surface area contributed by atoms with Gasteiger partial charge < -0.3 is 10.3 Å². The first-order valence-corrected chi connectivity index (χ1v) is 6.51. The normalized spacial score (nSPS) is 14.5. The van der Waals surface area contributed by atoms with Crippen LogP contribution in [0.5, 0.6) is 0 Å². The van der Waals surface area contributed by atoms with E-state index < -0.39 is 0 Å². The van der Waals surface area contributed by atoms with Crippen molar-refractivity contribution in [2.75, 3.05) is 0 Å². The largest absolute Gasteiger partial charge is 0.329 e. The summed E-state index contributed by atoms with van der Waals surface area (Å²) in [5.41, 5.74) is 7.32. The molecule has 2 atom stereocenters. The molecule has 0 spiro atoms. The highest BCUT2D eigenvalue weighted by atomic mass is 32.2. The summed E-state index contributed by atoms with van der Waals surface area (Å²) < 4.78 is 2.02. The molecule has 0 aliphatic carbocycles. The summed E-state index contributed by atoms with van der Waals surface area (Å²) in [4.78, 5) is 4.33. The van der Waals surface area contributed by atoms with Crippen LogP contribution in [0.25, 0.3) is 0 Å². The maximum absolute atomic E-state index is 6.08. The maximum Gasteiger partial charge on any atom is 0.168 e. The third-order valence-electron chi connectivity index (χ3n) is 2.61. The van der Waals surface area contributed by atoms with E-state index in [-0.39, 0.29) is 11.3 Å². The molecule has 0 bridgehead atoms. The quantitative estimate of drug-likeness (QED) is 0.845. The molecule has 0 saturated heterocycles. The Morgan fingerprint density at radius 3 is 2.53 bits per heavy atom. The zero-order valence-corrected chi connectivity index (χ0v) is 10.9. The lowest BCUT2D eigenvalue weighted by Crippen LogP contribution is -2.22. The highest BCUT2D eigenvalue weighted by molar-refractivity contribution is 7.99. The van der Waals surface area contributed by atoms with Crippen molar-refractivity contribution in [2.24, 2.45) is 12.8 Å². The second kappa shape index (κ2) is 5.38. The Morgan fingerprint density at radius 2 is 2.00 bits per heavy atom. The molecular formula is C13H17N3S. The van der Waals surface area contributed by atoms with E-state index in [0.717, 1.165) is 5.16 Å². The van der Waals surface area contributed by atoms with Gasteiger partial charge in [0.2, 0.25) is 0 Å². The van der Waals surface area contributed by atoms with Gasteiger partial charge in [-0.3, -0.25) is 0 Å². The number of benzene rings is 1. The molecule has 1 aromatic carbocycles. The van der Waals surface area contributed by atoms with E-state index in [0.29, 0.717) is 0 Å². The summed E-state index contributed by atoms with van der Waals surface area (Å²) in [6.07, 6.45) is 3.76. The molecule has 17 heavy (non-hydrogen) atoms. The first kappa shape index (κ1) is 12.2. The number of nitrogens with zero attached hydrogens (tertiary/aromatic N) is 2. The van der Waals surface area contributed by atoms with Crippen LogP contribution < -0.4 is 5.73 Å². The van der Waals surface area contributed by atoms with Crippen LogP contribution in [0, 0.1) is 0 Å². The number of hydrogen-bond acceptors (Lipinski definition) is 3. The van der Waals surface area contributed by atoms with Gasteiger partial charge in [-0.2, -0.15) is 0 Å². The topological polar surface area (TPSA) is 43.8 Å². The van der Waals surface area contributed by atoms with E-state index >= 15 is 0 Å². The lowest BCUT2D eigenvalue weighted by atomic mass is 10.1. The molecule has 0 aliphatic rings. The minimum absolute atomic E-state index is 0.0825. The standard InChI is InChI=1S/C13H17N3S/c1-10(14)12(11-6-4-3-5-7-11)17-13-15-8-9-16(13)2/h3-10,12H,14H2,1-2H3. The van der Waals surface area contributed by atoms with Crippen LogP contribution in [0.15, 0.2) is 47.9 Å². The monoisotopic (exact) mass is 247 g/mol. The number of nitrogens with two attached hydrogens (primary N) is 1. The van der Waals surface area contributed by atoms with E-state index in [2.05, 4.69) is 17.1 Å². The molecule has 2 unspecified atom stereocenters. The van der Waals surface area contributed by atoms with Crippen LogP contribution in [0.2, 0.25) is 0 Å². The SMILES string of the molecule is CC(N)C(Sc1nccn1C)c1ccccc1. The molecule has 0 aliphatic heterocycles. The summed E-state index contributed by atoms with van der Waals surface area (Å²) >= 11 is 1.71. The lowest BCUT2D eigenvalue weighted by Gasteiger charge is -2.20. The van der Waals surface area contributed by atoms with Crippen LogP contribution in [0.1, 0.15) is 17.7 Å². The molecule has 1 heterocycles. The zero-order chi connectivity index (χ0) is 12.3. The molecule has 0 fully saturated rings. The Labute approximate surface area is 106 Å². The first-order chi connectivity index (χ1) is 8.18. The van der Waals surface area contributed by atoms with Crippen molar-refractivity contribution in [3.8, 4) is 0 Å². The Bertz CT molecular complexity index is 465. The molecular weight excluding hydrogens is 230 g/mol. The van der Waals surface area contributed by atoms with Crippen molar-refractivity contribution in [3.63, 3.8) is 0 Å². The van der Waals surface area contributed by atoms with Crippen molar-refractivity contribution >= 4 is 11.8 Å². The fourth-order valence-corrected chi connectivity index (χ4v) is 2.78. The third-order valence-corrected chi connectivity index (χ3v) is 4.17. The van der Waals surface area contributed by atoms with Gasteiger partial charge >= 0.3 is 0 Å². The Hall–Kier alpha value is -1.26. The van der Waals surface area contributed by atoms with Crippen LogP contribution in [-0.4, -0.2) is 15.6 Å². The van der Waals surface area contributed by atoms with Crippen molar-refractivity contribution in [1.29, 1.82) is 0 Å². The first-order valence-electron chi connectivity index (χ1n) is 5.63. The number of imidazole rings is 1. The number of rotatable bonds is 4. The summed E-state index contributed by atoms with van der Waals surface area (Å²) in [5, 5.41) is 1.23. The summed E-state index contributed by atoms with van der Waals surface area (Å²) in [6, 6.07) is 10.4. The predicted molar refractivity (Wildman–Crippen MR) is 71.9 cm³/mol. The van der Waals surface area contributed by atoms with Gasteiger partial charge in [0, 0.05) is 25.5 Å². The van der Waals surface area contributed by atoms with E-state index in [9.17, 15) is 0 Å². The molecule has 4 heteroatoms. The molecule has 1 aromatic heterocycles. The van der Waals surface area contributed by atoms with Crippen molar-refractivity contribution < 1.29 is 0 Å². The smallest absolute Gasteiger partial charge is 0.168 e. The van der Waals surface area contributed by atoms with Crippen LogP contribution in [-0.2, 0) is 7.05 Å². The number of hydrogen-bond donors (Lipinski definition) is 1. The van der Waals surface area contributed by atoms with Gasteiger partial charge in [-0.15, -0.1) is 0 Å². The van der Waals surface area contributed by atoms with Gasteiger partial charge in [0.1, 0.15) is 0 Å². The lowest BCUT2D eigenvalue weighted by molar-refractivity contribution is 0.710. The van der Waals surface area contributed by atoms with Crippen molar-refractivity contribution in [3.05, 3.63) is 48.3 Å². The zero-order valence-electron chi connectivity index (χ0n) is 10.1. The van der Waals surface area contributed by atoms with Gasteiger partial charge in [-0.1, -0.05) is 42.1 Å².